The standard InChI is InChI=1S/C35H38O6S/c1-39-34(36)30(27-14-17-31(29(21-27)24-12-13-24)42(37,38)28-15-16-28)20-23-18-19-35(22-23)40-32(25-8-4-2-5-9-25)33(41-35)26-10-6-3-7-11-26/h2-11,14,17,21,23-24,28,30,32-33H,12-13,15-16,18-20,22H2,1H3. The lowest BCUT2D eigenvalue weighted by Crippen LogP contribution is -2.27. The van der Waals surface area contributed by atoms with Gasteiger partial charge in [0, 0.05) is 12.8 Å². The van der Waals surface area contributed by atoms with Crippen molar-refractivity contribution in [2.45, 2.75) is 91.3 Å². The van der Waals surface area contributed by atoms with Crippen LogP contribution in [0.5, 0.6) is 0 Å². The Hall–Kier alpha value is -3.00. The van der Waals surface area contributed by atoms with Crippen molar-refractivity contribution in [1.82, 2.24) is 0 Å². The predicted molar refractivity (Wildman–Crippen MR) is 159 cm³/mol. The first-order valence-electron chi connectivity index (χ1n) is 15.3. The summed E-state index contributed by atoms with van der Waals surface area (Å²) >= 11 is 0. The molecular weight excluding hydrogens is 548 g/mol. The molecule has 0 N–H and O–H groups in total. The number of carbonyl (C=O) groups excluding carboxylic acids is 1. The van der Waals surface area contributed by atoms with Crippen molar-refractivity contribution in [3.63, 3.8) is 0 Å². The molecule has 3 aliphatic carbocycles. The van der Waals surface area contributed by atoms with Gasteiger partial charge in [0.05, 0.1) is 23.2 Å². The number of esters is 1. The molecule has 1 heterocycles. The van der Waals surface area contributed by atoms with Crippen LogP contribution in [0.15, 0.2) is 83.8 Å². The molecule has 4 atom stereocenters. The number of rotatable bonds is 9. The van der Waals surface area contributed by atoms with Crippen molar-refractivity contribution in [3.05, 3.63) is 101 Å². The molecule has 6 nitrogen and oxygen atoms in total. The Morgan fingerprint density at radius 1 is 0.881 bits per heavy atom. The largest absolute Gasteiger partial charge is 0.469 e. The normalized spacial score (nSPS) is 28.2. The Bertz CT molecular complexity index is 1500. The number of carbonyl (C=O) groups is 1. The maximum atomic E-state index is 13.2. The van der Waals surface area contributed by atoms with Crippen molar-refractivity contribution < 1.29 is 27.4 Å². The molecule has 3 saturated carbocycles. The van der Waals surface area contributed by atoms with Crippen molar-refractivity contribution in [2.75, 3.05) is 7.11 Å². The third kappa shape index (κ3) is 5.31. The van der Waals surface area contributed by atoms with E-state index in [1.807, 2.05) is 48.5 Å². The van der Waals surface area contributed by atoms with Gasteiger partial charge in [-0.05, 0) is 78.7 Å². The highest BCUT2D eigenvalue weighted by Gasteiger charge is 2.53. The molecule has 1 aliphatic heterocycles. The summed E-state index contributed by atoms with van der Waals surface area (Å²) in [6.45, 7) is 0. The summed E-state index contributed by atoms with van der Waals surface area (Å²) in [6, 6.07) is 26.1. The first-order valence-corrected chi connectivity index (χ1v) is 16.8. The van der Waals surface area contributed by atoms with E-state index in [2.05, 4.69) is 24.3 Å². The fourth-order valence-electron chi connectivity index (χ4n) is 7.03. The van der Waals surface area contributed by atoms with Gasteiger partial charge in [-0.25, -0.2) is 8.42 Å². The summed E-state index contributed by atoms with van der Waals surface area (Å²) < 4.78 is 45.3. The van der Waals surface area contributed by atoms with E-state index in [-0.39, 0.29) is 35.3 Å². The smallest absolute Gasteiger partial charge is 0.313 e. The molecule has 0 amide bonds. The Morgan fingerprint density at radius 3 is 2.05 bits per heavy atom. The van der Waals surface area contributed by atoms with Crippen LogP contribution in [0.4, 0.5) is 0 Å². The molecule has 0 bridgehead atoms. The van der Waals surface area contributed by atoms with Gasteiger partial charge in [0.15, 0.2) is 15.6 Å². The second kappa shape index (κ2) is 10.9. The molecule has 4 aliphatic rings. The molecule has 0 aromatic heterocycles. The van der Waals surface area contributed by atoms with Gasteiger partial charge in [0.25, 0.3) is 0 Å². The molecule has 1 saturated heterocycles. The number of ether oxygens (including phenoxy) is 3. The topological polar surface area (TPSA) is 78.9 Å². The van der Waals surface area contributed by atoms with Crippen LogP contribution >= 0.6 is 0 Å². The fourth-order valence-corrected chi connectivity index (χ4v) is 8.95. The average molecular weight is 587 g/mol. The van der Waals surface area contributed by atoms with Crippen LogP contribution in [0.3, 0.4) is 0 Å². The Morgan fingerprint density at radius 2 is 1.50 bits per heavy atom. The van der Waals surface area contributed by atoms with Crippen LogP contribution in [-0.2, 0) is 28.8 Å². The van der Waals surface area contributed by atoms with Gasteiger partial charge in [0.2, 0.25) is 0 Å². The third-order valence-corrected chi connectivity index (χ3v) is 11.9. The minimum absolute atomic E-state index is 0.194. The van der Waals surface area contributed by atoms with Gasteiger partial charge in [0.1, 0.15) is 12.2 Å². The summed E-state index contributed by atoms with van der Waals surface area (Å²) in [6.07, 6.45) is 5.95. The van der Waals surface area contributed by atoms with Gasteiger partial charge in [-0.1, -0.05) is 72.8 Å². The number of methoxy groups -OCH3 is 1. The number of sulfone groups is 1. The van der Waals surface area contributed by atoms with E-state index in [9.17, 15) is 13.2 Å². The van der Waals surface area contributed by atoms with Gasteiger partial charge in [-0.2, -0.15) is 0 Å². The fraction of sp³-hybridized carbons (Fsp3) is 0.457. The highest BCUT2D eigenvalue weighted by atomic mass is 32.2. The lowest BCUT2D eigenvalue weighted by molar-refractivity contribution is -0.173. The monoisotopic (exact) mass is 586 g/mol. The second-order valence-corrected chi connectivity index (χ2v) is 14.7. The number of hydrogen-bond acceptors (Lipinski definition) is 6. The number of hydrogen-bond donors (Lipinski definition) is 0. The summed E-state index contributed by atoms with van der Waals surface area (Å²) in [4.78, 5) is 13.6. The average Bonchev–Trinajstić information content (AvgIpc) is 3.97. The molecule has 0 radical (unpaired) electrons. The second-order valence-electron chi connectivity index (χ2n) is 12.5. The van der Waals surface area contributed by atoms with Crippen LogP contribution in [0.25, 0.3) is 0 Å². The number of benzene rings is 3. The zero-order valence-corrected chi connectivity index (χ0v) is 24.8. The highest BCUT2D eigenvalue weighted by Crippen LogP contribution is 2.55. The SMILES string of the molecule is COC(=O)C(CC1CCC2(C1)OC(c1ccccc1)C(c1ccccc1)O2)c1ccc(S(=O)(=O)C2CC2)c(C2CC2)c1. The van der Waals surface area contributed by atoms with Crippen LogP contribution in [0.2, 0.25) is 0 Å². The highest BCUT2D eigenvalue weighted by molar-refractivity contribution is 7.92. The van der Waals surface area contributed by atoms with Crippen molar-refractivity contribution in [3.8, 4) is 0 Å². The Labute approximate surface area is 248 Å². The minimum atomic E-state index is -3.31. The van der Waals surface area contributed by atoms with E-state index >= 15 is 0 Å². The minimum Gasteiger partial charge on any atom is -0.469 e. The molecule has 7 rings (SSSR count). The maximum Gasteiger partial charge on any atom is 0.313 e. The van der Waals surface area contributed by atoms with Crippen molar-refractivity contribution in [1.29, 1.82) is 0 Å². The van der Waals surface area contributed by atoms with Crippen LogP contribution in [-0.4, -0.2) is 32.5 Å². The van der Waals surface area contributed by atoms with Gasteiger partial charge in [-0.15, -0.1) is 0 Å². The summed E-state index contributed by atoms with van der Waals surface area (Å²) in [5.41, 5.74) is 3.91. The van der Waals surface area contributed by atoms with Gasteiger partial charge < -0.3 is 14.2 Å². The summed E-state index contributed by atoms with van der Waals surface area (Å²) in [7, 11) is -1.89. The maximum absolute atomic E-state index is 13.2. The Kier molecular flexibility index (Phi) is 7.24. The molecule has 4 unspecified atom stereocenters. The van der Waals surface area contributed by atoms with Gasteiger partial charge in [-0.3, -0.25) is 4.79 Å². The quantitative estimate of drug-likeness (QED) is 0.247. The zero-order chi connectivity index (χ0) is 28.9. The van der Waals surface area contributed by atoms with E-state index in [0.717, 1.165) is 60.8 Å². The lowest BCUT2D eigenvalue weighted by Gasteiger charge is -2.24. The molecule has 1 spiro atoms. The molecule has 4 fully saturated rings. The molecule has 7 heteroatoms. The zero-order valence-electron chi connectivity index (χ0n) is 24.0. The molecule has 220 valence electrons. The van der Waals surface area contributed by atoms with E-state index in [1.165, 1.54) is 7.11 Å². The third-order valence-electron chi connectivity index (χ3n) is 9.53. The predicted octanol–water partition coefficient (Wildman–Crippen LogP) is 7.17. The van der Waals surface area contributed by atoms with Gasteiger partial charge >= 0.3 is 5.97 Å². The van der Waals surface area contributed by atoms with Crippen molar-refractivity contribution in [2.24, 2.45) is 5.92 Å². The summed E-state index contributed by atoms with van der Waals surface area (Å²) in [5, 5.41) is -0.252. The van der Waals surface area contributed by atoms with E-state index in [1.54, 1.807) is 6.07 Å². The first-order chi connectivity index (χ1) is 20.4. The molecule has 42 heavy (non-hydrogen) atoms. The Balaban J connectivity index is 1.14. The first kappa shape index (κ1) is 27.8. The van der Waals surface area contributed by atoms with Crippen LogP contribution < -0.4 is 0 Å². The summed E-state index contributed by atoms with van der Waals surface area (Å²) in [5.74, 6) is -1.02. The lowest BCUT2D eigenvalue weighted by atomic mass is 9.86. The molecule has 3 aromatic carbocycles. The van der Waals surface area contributed by atoms with Crippen molar-refractivity contribution >= 4 is 15.8 Å². The van der Waals surface area contributed by atoms with E-state index < -0.39 is 21.5 Å². The van der Waals surface area contributed by atoms with Crippen LogP contribution in [0, 0.1) is 5.92 Å². The molecular formula is C35H38O6S. The van der Waals surface area contributed by atoms with E-state index in [0.29, 0.717) is 17.7 Å². The molecule has 3 aromatic rings. The van der Waals surface area contributed by atoms with Crippen LogP contribution in [0.1, 0.15) is 97.7 Å². The van der Waals surface area contributed by atoms with E-state index in [4.69, 9.17) is 14.2 Å².